The Morgan fingerprint density at radius 1 is 1.14 bits per heavy atom. The van der Waals surface area contributed by atoms with Gasteiger partial charge in [-0.05, 0) is 30.0 Å². The molecule has 1 saturated heterocycles. The van der Waals surface area contributed by atoms with Crippen molar-refractivity contribution in [3.63, 3.8) is 0 Å². The van der Waals surface area contributed by atoms with Gasteiger partial charge >= 0.3 is 0 Å². The van der Waals surface area contributed by atoms with E-state index in [4.69, 9.17) is 10.5 Å². The normalized spacial score (nSPS) is 19.4. The number of nitrogens with two attached hydrogens (primary N) is 1. The van der Waals surface area contributed by atoms with Crippen molar-refractivity contribution in [2.24, 2.45) is 5.73 Å². The topological polar surface area (TPSA) is 72.6 Å². The molecular formula is C23H28N2O3. The average molecular weight is 380 g/mol. The van der Waals surface area contributed by atoms with Crippen molar-refractivity contribution in [3.05, 3.63) is 59.7 Å². The van der Waals surface area contributed by atoms with Gasteiger partial charge in [-0.1, -0.05) is 61.0 Å². The fourth-order valence-electron chi connectivity index (χ4n) is 3.65. The number of carbonyl (C=O) groups is 2. The van der Waals surface area contributed by atoms with Gasteiger partial charge in [0, 0.05) is 19.4 Å². The number of hydrogen-bond acceptors (Lipinski definition) is 3. The summed E-state index contributed by atoms with van der Waals surface area (Å²) in [5.74, 6) is -0.480. The van der Waals surface area contributed by atoms with E-state index in [1.165, 1.54) is 5.56 Å². The fraction of sp³-hybridized carbons (Fsp3) is 0.391. The highest BCUT2D eigenvalue weighted by Crippen LogP contribution is 2.27. The summed E-state index contributed by atoms with van der Waals surface area (Å²) in [7, 11) is 0. The van der Waals surface area contributed by atoms with E-state index in [1.54, 1.807) is 4.90 Å². The number of amides is 2. The molecular weight excluding hydrogens is 352 g/mol. The minimum absolute atomic E-state index is 0.0461. The molecule has 1 aliphatic rings. The molecule has 1 heterocycles. The summed E-state index contributed by atoms with van der Waals surface area (Å²) < 4.78 is 5.88. The number of carbonyl (C=O) groups excluding carboxylic acids is 2. The standard InChI is InChI=1S/C23H28N2O3/c1-3-5-21(26)25-12-13-28-23(16-25,22(24)27)15-18-6-4-7-20(14-18)19-10-8-17(2)9-11-19/h4,6-11,14H,3,5,12-13,15-16H2,1-2H3,(H2,24,27)/t23-/m1/s1. The number of aryl methyl sites for hydroxylation is 1. The van der Waals surface area contributed by atoms with E-state index < -0.39 is 11.5 Å². The maximum absolute atomic E-state index is 12.4. The van der Waals surface area contributed by atoms with Crippen molar-refractivity contribution < 1.29 is 14.3 Å². The van der Waals surface area contributed by atoms with Gasteiger partial charge in [-0.25, -0.2) is 0 Å². The number of ether oxygens (including phenoxy) is 1. The highest BCUT2D eigenvalue weighted by molar-refractivity contribution is 5.86. The lowest BCUT2D eigenvalue weighted by Crippen LogP contribution is -2.61. The first-order valence-electron chi connectivity index (χ1n) is 9.81. The van der Waals surface area contributed by atoms with E-state index in [1.807, 2.05) is 25.1 Å². The molecule has 1 aliphatic heterocycles. The predicted molar refractivity (Wildman–Crippen MR) is 110 cm³/mol. The van der Waals surface area contributed by atoms with Crippen molar-refractivity contribution in [2.45, 2.75) is 38.7 Å². The van der Waals surface area contributed by atoms with Crippen LogP contribution in [0.1, 0.15) is 30.9 Å². The Morgan fingerprint density at radius 3 is 2.57 bits per heavy atom. The lowest BCUT2D eigenvalue weighted by Gasteiger charge is -2.41. The van der Waals surface area contributed by atoms with Gasteiger partial charge in [0.25, 0.3) is 5.91 Å². The molecule has 5 heteroatoms. The van der Waals surface area contributed by atoms with E-state index in [-0.39, 0.29) is 12.5 Å². The van der Waals surface area contributed by atoms with Crippen molar-refractivity contribution in [1.29, 1.82) is 0 Å². The average Bonchev–Trinajstić information content (AvgIpc) is 2.69. The lowest BCUT2D eigenvalue weighted by atomic mass is 9.90. The number of nitrogens with zero attached hydrogens (tertiary/aromatic N) is 1. The van der Waals surface area contributed by atoms with Gasteiger partial charge in [-0.2, -0.15) is 0 Å². The van der Waals surface area contributed by atoms with Crippen LogP contribution in [0.2, 0.25) is 0 Å². The Hall–Kier alpha value is -2.66. The van der Waals surface area contributed by atoms with Crippen molar-refractivity contribution in [2.75, 3.05) is 19.7 Å². The molecule has 2 aromatic rings. The minimum atomic E-state index is -1.19. The number of rotatable bonds is 6. The molecule has 2 N–H and O–H groups in total. The molecule has 0 radical (unpaired) electrons. The quantitative estimate of drug-likeness (QED) is 0.837. The Labute approximate surface area is 166 Å². The zero-order valence-corrected chi connectivity index (χ0v) is 16.6. The van der Waals surface area contributed by atoms with Crippen LogP contribution in [-0.4, -0.2) is 42.0 Å². The summed E-state index contributed by atoms with van der Waals surface area (Å²) in [6.45, 7) is 5.04. The Balaban J connectivity index is 1.84. The second kappa shape index (κ2) is 8.57. The molecule has 0 aliphatic carbocycles. The highest BCUT2D eigenvalue weighted by Gasteiger charge is 2.43. The monoisotopic (exact) mass is 380 g/mol. The summed E-state index contributed by atoms with van der Waals surface area (Å²) in [5.41, 5.74) is 8.92. The molecule has 0 bridgehead atoms. The van der Waals surface area contributed by atoms with Gasteiger partial charge in [0.15, 0.2) is 5.60 Å². The molecule has 2 amide bonds. The van der Waals surface area contributed by atoms with Crippen LogP contribution in [0.25, 0.3) is 11.1 Å². The molecule has 1 atom stereocenters. The van der Waals surface area contributed by atoms with Crippen LogP contribution in [0, 0.1) is 6.92 Å². The van der Waals surface area contributed by atoms with E-state index in [0.717, 1.165) is 23.1 Å². The Morgan fingerprint density at radius 2 is 1.89 bits per heavy atom. The number of benzene rings is 2. The van der Waals surface area contributed by atoms with Crippen LogP contribution in [0.4, 0.5) is 0 Å². The van der Waals surface area contributed by atoms with E-state index in [2.05, 4.69) is 37.3 Å². The van der Waals surface area contributed by atoms with Crippen molar-refractivity contribution in [1.82, 2.24) is 4.90 Å². The third-order valence-corrected chi connectivity index (χ3v) is 5.25. The zero-order valence-electron chi connectivity index (χ0n) is 16.6. The molecule has 0 unspecified atom stereocenters. The summed E-state index contributed by atoms with van der Waals surface area (Å²) in [5, 5.41) is 0. The maximum atomic E-state index is 12.4. The summed E-state index contributed by atoms with van der Waals surface area (Å²) in [6, 6.07) is 16.4. The van der Waals surface area contributed by atoms with Crippen LogP contribution in [0.3, 0.4) is 0 Å². The second-order valence-electron chi connectivity index (χ2n) is 7.52. The van der Waals surface area contributed by atoms with Crippen LogP contribution < -0.4 is 5.73 Å². The molecule has 0 spiro atoms. The third-order valence-electron chi connectivity index (χ3n) is 5.25. The SMILES string of the molecule is CCCC(=O)N1CCO[C@@](Cc2cccc(-c3ccc(C)cc3)c2)(C(N)=O)C1. The molecule has 0 aromatic heterocycles. The number of morpholine rings is 1. The highest BCUT2D eigenvalue weighted by atomic mass is 16.5. The van der Waals surface area contributed by atoms with Gasteiger partial charge in [0.05, 0.1) is 13.2 Å². The summed E-state index contributed by atoms with van der Waals surface area (Å²) in [6.07, 6.45) is 1.59. The predicted octanol–water partition coefficient (Wildman–Crippen LogP) is 3.09. The van der Waals surface area contributed by atoms with Crippen LogP contribution in [0.15, 0.2) is 48.5 Å². The third kappa shape index (κ3) is 4.42. The maximum Gasteiger partial charge on any atom is 0.251 e. The van der Waals surface area contributed by atoms with Gasteiger partial charge in [-0.3, -0.25) is 9.59 Å². The molecule has 28 heavy (non-hydrogen) atoms. The van der Waals surface area contributed by atoms with E-state index in [0.29, 0.717) is 26.0 Å². The lowest BCUT2D eigenvalue weighted by molar-refractivity contribution is -0.163. The van der Waals surface area contributed by atoms with E-state index >= 15 is 0 Å². The van der Waals surface area contributed by atoms with Crippen molar-refractivity contribution in [3.8, 4) is 11.1 Å². The first-order chi connectivity index (χ1) is 13.4. The number of hydrogen-bond donors (Lipinski definition) is 1. The largest absolute Gasteiger partial charge is 0.367 e. The Bertz CT molecular complexity index is 847. The zero-order chi connectivity index (χ0) is 20.1. The Kier molecular flexibility index (Phi) is 6.15. The van der Waals surface area contributed by atoms with Crippen LogP contribution >= 0.6 is 0 Å². The first kappa shape index (κ1) is 20.1. The second-order valence-corrected chi connectivity index (χ2v) is 7.52. The van der Waals surface area contributed by atoms with Crippen molar-refractivity contribution >= 4 is 11.8 Å². The molecule has 148 valence electrons. The first-order valence-corrected chi connectivity index (χ1v) is 9.81. The smallest absolute Gasteiger partial charge is 0.251 e. The molecule has 5 nitrogen and oxygen atoms in total. The number of primary amides is 1. The van der Waals surface area contributed by atoms with E-state index in [9.17, 15) is 9.59 Å². The molecule has 3 rings (SSSR count). The molecule has 1 fully saturated rings. The molecule has 2 aromatic carbocycles. The van der Waals surface area contributed by atoms with Crippen LogP contribution in [-0.2, 0) is 20.7 Å². The van der Waals surface area contributed by atoms with Crippen LogP contribution in [0.5, 0.6) is 0 Å². The summed E-state index contributed by atoms with van der Waals surface area (Å²) >= 11 is 0. The van der Waals surface area contributed by atoms with Gasteiger partial charge < -0.3 is 15.4 Å². The summed E-state index contributed by atoms with van der Waals surface area (Å²) in [4.78, 5) is 26.4. The van der Waals surface area contributed by atoms with Gasteiger partial charge in [-0.15, -0.1) is 0 Å². The fourth-order valence-corrected chi connectivity index (χ4v) is 3.65. The molecule has 0 saturated carbocycles. The van der Waals surface area contributed by atoms with Gasteiger partial charge in [0.1, 0.15) is 0 Å². The van der Waals surface area contributed by atoms with Gasteiger partial charge in [0.2, 0.25) is 5.91 Å². The minimum Gasteiger partial charge on any atom is -0.367 e.